The second-order valence-corrected chi connectivity index (χ2v) is 4.15. The van der Waals surface area contributed by atoms with Crippen LogP contribution >= 0.6 is 0 Å². The number of cyclic esters (lactones) is 1. The monoisotopic (exact) mass is 221 g/mol. The topological polar surface area (TPSA) is 29.5 Å². The summed E-state index contributed by atoms with van der Waals surface area (Å²) in [5.41, 5.74) is 1.05. The van der Waals surface area contributed by atoms with Crippen LogP contribution in [0.25, 0.3) is 0 Å². The molecule has 0 N–H and O–H groups in total. The molecule has 88 valence electrons. The zero-order valence-electron chi connectivity index (χ0n) is 10.1. The van der Waals surface area contributed by atoms with E-state index in [0.29, 0.717) is 6.54 Å². The van der Waals surface area contributed by atoms with Crippen molar-refractivity contribution in [2.75, 3.05) is 6.54 Å². The lowest BCUT2D eigenvalue weighted by Crippen LogP contribution is -2.32. The first-order chi connectivity index (χ1) is 7.56. The summed E-state index contributed by atoms with van der Waals surface area (Å²) in [6, 6.07) is 0.189. The first-order valence-electron chi connectivity index (χ1n) is 5.49. The van der Waals surface area contributed by atoms with Crippen LogP contribution in [-0.2, 0) is 4.74 Å². The van der Waals surface area contributed by atoms with E-state index in [0.717, 1.165) is 5.57 Å². The number of allylic oxidation sites excluding steroid dienone is 4. The highest BCUT2D eigenvalue weighted by Crippen LogP contribution is 2.19. The van der Waals surface area contributed by atoms with Crippen molar-refractivity contribution >= 4 is 6.09 Å². The van der Waals surface area contributed by atoms with Gasteiger partial charge in [0.1, 0.15) is 6.10 Å². The Morgan fingerprint density at radius 1 is 1.56 bits per heavy atom. The Morgan fingerprint density at radius 2 is 2.25 bits per heavy atom. The van der Waals surface area contributed by atoms with Gasteiger partial charge in [-0.15, -0.1) is 0 Å². The molecule has 0 bridgehead atoms. The molecule has 0 saturated carbocycles. The van der Waals surface area contributed by atoms with Gasteiger partial charge in [-0.3, -0.25) is 0 Å². The maximum Gasteiger partial charge on any atom is 0.410 e. The third kappa shape index (κ3) is 2.99. The van der Waals surface area contributed by atoms with Gasteiger partial charge in [-0.2, -0.15) is 0 Å². The van der Waals surface area contributed by atoms with E-state index < -0.39 is 0 Å². The summed E-state index contributed by atoms with van der Waals surface area (Å²) in [4.78, 5) is 13.2. The third-order valence-corrected chi connectivity index (χ3v) is 2.58. The van der Waals surface area contributed by atoms with Crippen LogP contribution < -0.4 is 0 Å². The van der Waals surface area contributed by atoms with Crippen LogP contribution in [0.1, 0.15) is 20.8 Å². The fourth-order valence-electron chi connectivity index (χ4n) is 1.53. The van der Waals surface area contributed by atoms with Crippen molar-refractivity contribution in [3.05, 3.63) is 36.5 Å². The Bertz CT molecular complexity index is 329. The van der Waals surface area contributed by atoms with Crippen LogP contribution in [0.15, 0.2) is 36.5 Å². The Hall–Kier alpha value is -1.51. The van der Waals surface area contributed by atoms with Gasteiger partial charge >= 0.3 is 6.09 Å². The number of hydrogen-bond donors (Lipinski definition) is 0. The number of ether oxygens (including phenoxy) is 1. The van der Waals surface area contributed by atoms with Crippen LogP contribution in [-0.4, -0.2) is 29.7 Å². The molecule has 16 heavy (non-hydrogen) atoms. The molecule has 0 aromatic heterocycles. The lowest BCUT2D eigenvalue weighted by atomic mass is 10.1. The maximum atomic E-state index is 11.5. The molecule has 3 nitrogen and oxygen atoms in total. The molecule has 0 aliphatic carbocycles. The van der Waals surface area contributed by atoms with Gasteiger partial charge in [0.15, 0.2) is 0 Å². The molecule has 0 spiro atoms. The number of nitrogens with zero attached hydrogens (tertiary/aromatic N) is 1. The second kappa shape index (κ2) is 5.54. The van der Waals surface area contributed by atoms with E-state index >= 15 is 0 Å². The quantitative estimate of drug-likeness (QED) is 0.683. The fraction of sp³-hybridized carbons (Fsp3) is 0.462. The van der Waals surface area contributed by atoms with Crippen molar-refractivity contribution in [3.8, 4) is 0 Å². The average molecular weight is 221 g/mol. The van der Waals surface area contributed by atoms with E-state index in [-0.39, 0.29) is 18.2 Å². The first-order valence-corrected chi connectivity index (χ1v) is 5.49. The molecule has 1 atom stereocenters. The highest BCUT2D eigenvalue weighted by Gasteiger charge is 2.33. The molecule has 1 aliphatic rings. The second-order valence-electron chi connectivity index (χ2n) is 4.15. The predicted molar refractivity (Wildman–Crippen MR) is 65.2 cm³/mol. The van der Waals surface area contributed by atoms with Crippen molar-refractivity contribution in [1.29, 1.82) is 0 Å². The standard InChI is InChI=1S/C13H19NO2/c1-5-6-7-8-11(4)12-9-14(10(2)3)13(15)16-12/h5-8,10,12H,1,9H2,2-4H3/b7-6-,11-8+. The fourth-order valence-corrected chi connectivity index (χ4v) is 1.53. The third-order valence-electron chi connectivity index (χ3n) is 2.58. The van der Waals surface area contributed by atoms with Crippen LogP contribution in [0.3, 0.4) is 0 Å². The Labute approximate surface area is 97.1 Å². The predicted octanol–water partition coefficient (Wildman–Crippen LogP) is 2.90. The van der Waals surface area contributed by atoms with Crippen LogP contribution in [0, 0.1) is 0 Å². The highest BCUT2D eigenvalue weighted by molar-refractivity contribution is 5.70. The molecular weight excluding hydrogens is 202 g/mol. The molecule has 1 heterocycles. The number of amides is 1. The number of carbonyl (C=O) groups is 1. The minimum absolute atomic E-state index is 0.121. The molecule has 3 heteroatoms. The zero-order valence-corrected chi connectivity index (χ0v) is 10.1. The molecule has 0 radical (unpaired) electrons. The molecule has 1 rings (SSSR count). The van der Waals surface area contributed by atoms with Gasteiger partial charge in [-0.25, -0.2) is 4.79 Å². The smallest absolute Gasteiger partial charge is 0.410 e. The van der Waals surface area contributed by atoms with E-state index in [9.17, 15) is 4.79 Å². The van der Waals surface area contributed by atoms with Crippen molar-refractivity contribution in [2.24, 2.45) is 0 Å². The van der Waals surface area contributed by atoms with Crippen LogP contribution in [0.5, 0.6) is 0 Å². The molecule has 1 fully saturated rings. The SMILES string of the molecule is C=C/C=C\C=C(/C)C1CN(C(C)C)C(=O)O1. The normalized spacial score (nSPS) is 22.0. The molecule has 1 amide bonds. The van der Waals surface area contributed by atoms with Crippen LogP contribution in [0.2, 0.25) is 0 Å². The summed E-state index contributed by atoms with van der Waals surface area (Å²) in [5.74, 6) is 0. The van der Waals surface area contributed by atoms with E-state index in [2.05, 4.69) is 6.58 Å². The van der Waals surface area contributed by atoms with Gasteiger partial charge in [-0.1, -0.05) is 30.9 Å². The van der Waals surface area contributed by atoms with E-state index in [1.165, 1.54) is 0 Å². The maximum absolute atomic E-state index is 11.5. The molecule has 0 aromatic carbocycles. The van der Waals surface area contributed by atoms with Gasteiger partial charge in [0, 0.05) is 6.04 Å². The van der Waals surface area contributed by atoms with E-state index in [1.54, 1.807) is 11.0 Å². The number of hydrogen-bond acceptors (Lipinski definition) is 2. The minimum atomic E-state index is -0.222. The summed E-state index contributed by atoms with van der Waals surface area (Å²) < 4.78 is 5.29. The molecular formula is C13H19NO2. The van der Waals surface area contributed by atoms with Crippen molar-refractivity contribution in [3.63, 3.8) is 0 Å². The summed E-state index contributed by atoms with van der Waals surface area (Å²) in [5, 5.41) is 0. The minimum Gasteiger partial charge on any atom is -0.440 e. The van der Waals surface area contributed by atoms with Gasteiger partial charge < -0.3 is 9.64 Å². The van der Waals surface area contributed by atoms with Gasteiger partial charge in [0.2, 0.25) is 0 Å². The van der Waals surface area contributed by atoms with E-state index in [1.807, 2.05) is 39.0 Å². The van der Waals surface area contributed by atoms with Crippen molar-refractivity contribution < 1.29 is 9.53 Å². The van der Waals surface area contributed by atoms with Crippen molar-refractivity contribution in [2.45, 2.75) is 32.9 Å². The Kier molecular flexibility index (Phi) is 4.35. The summed E-state index contributed by atoms with van der Waals surface area (Å²) >= 11 is 0. The molecule has 1 unspecified atom stereocenters. The lowest BCUT2D eigenvalue weighted by Gasteiger charge is -2.16. The van der Waals surface area contributed by atoms with Crippen molar-refractivity contribution in [1.82, 2.24) is 4.90 Å². The number of carbonyl (C=O) groups excluding carboxylic acids is 1. The molecule has 1 aliphatic heterocycles. The van der Waals surface area contributed by atoms with Gasteiger partial charge in [0.05, 0.1) is 6.54 Å². The number of rotatable bonds is 4. The largest absolute Gasteiger partial charge is 0.440 e. The van der Waals surface area contributed by atoms with Crippen LogP contribution in [0.4, 0.5) is 4.79 Å². The van der Waals surface area contributed by atoms with Gasteiger partial charge in [0.25, 0.3) is 0 Å². The summed E-state index contributed by atoms with van der Waals surface area (Å²) in [6.45, 7) is 10.2. The Morgan fingerprint density at radius 3 is 2.75 bits per heavy atom. The summed E-state index contributed by atoms with van der Waals surface area (Å²) in [6.07, 6.45) is 7.06. The molecule has 0 aromatic rings. The first kappa shape index (κ1) is 12.6. The molecule has 1 saturated heterocycles. The Balaban J connectivity index is 2.64. The zero-order chi connectivity index (χ0) is 12.1. The van der Waals surface area contributed by atoms with Gasteiger partial charge in [-0.05, 0) is 26.3 Å². The average Bonchev–Trinajstić information content (AvgIpc) is 2.60. The lowest BCUT2D eigenvalue weighted by molar-refractivity contribution is 0.138. The summed E-state index contributed by atoms with van der Waals surface area (Å²) in [7, 11) is 0. The highest BCUT2D eigenvalue weighted by atomic mass is 16.6. The van der Waals surface area contributed by atoms with E-state index in [4.69, 9.17) is 4.74 Å².